The van der Waals surface area contributed by atoms with Gasteiger partial charge in [0.15, 0.2) is 0 Å². The van der Waals surface area contributed by atoms with E-state index in [0.29, 0.717) is 18.8 Å². The molecule has 5 nitrogen and oxygen atoms in total. The number of carbonyl (C=O) groups excluding carboxylic acids is 1. The lowest BCUT2D eigenvalue weighted by Gasteiger charge is -2.09. The molecule has 2 amide bonds. The standard InChI is InChI=1S/C20H21FN4O/c1-14-19(12-22-20(26)23-18-10-8-17(21)9-11-18)15(2)25(24-14)13-16-6-4-3-5-7-16/h3-11H,12-13H2,1-2H3,(H2,22,23,26). The third-order valence-corrected chi connectivity index (χ3v) is 4.23. The number of nitrogens with one attached hydrogen (secondary N) is 2. The molecule has 2 N–H and O–H groups in total. The van der Waals surface area contributed by atoms with Crippen LogP contribution in [0, 0.1) is 19.7 Å². The van der Waals surface area contributed by atoms with Crippen molar-refractivity contribution in [3.63, 3.8) is 0 Å². The van der Waals surface area contributed by atoms with Gasteiger partial charge in [0, 0.05) is 23.5 Å². The fraction of sp³-hybridized carbons (Fsp3) is 0.200. The van der Waals surface area contributed by atoms with Crippen LogP contribution in [-0.4, -0.2) is 15.8 Å². The number of nitrogens with zero attached hydrogens (tertiary/aromatic N) is 2. The van der Waals surface area contributed by atoms with Crippen molar-refractivity contribution in [2.24, 2.45) is 0 Å². The maximum Gasteiger partial charge on any atom is 0.319 e. The first-order valence-electron chi connectivity index (χ1n) is 8.40. The first-order chi connectivity index (χ1) is 12.5. The molecule has 1 heterocycles. The number of benzene rings is 2. The quantitative estimate of drug-likeness (QED) is 0.729. The minimum atomic E-state index is -0.341. The Bertz CT molecular complexity index is 888. The molecule has 0 saturated carbocycles. The van der Waals surface area contributed by atoms with E-state index in [9.17, 15) is 9.18 Å². The van der Waals surface area contributed by atoms with E-state index in [-0.39, 0.29) is 11.8 Å². The van der Waals surface area contributed by atoms with Crippen molar-refractivity contribution >= 4 is 11.7 Å². The molecule has 0 spiro atoms. The Morgan fingerprint density at radius 2 is 1.77 bits per heavy atom. The molecule has 0 bridgehead atoms. The van der Waals surface area contributed by atoms with Crippen LogP contribution in [0.1, 0.15) is 22.5 Å². The van der Waals surface area contributed by atoms with Crippen molar-refractivity contribution in [2.45, 2.75) is 26.9 Å². The first-order valence-corrected chi connectivity index (χ1v) is 8.40. The van der Waals surface area contributed by atoms with Gasteiger partial charge in [-0.2, -0.15) is 5.10 Å². The van der Waals surface area contributed by atoms with Crippen molar-refractivity contribution in [3.05, 3.63) is 82.9 Å². The van der Waals surface area contributed by atoms with E-state index in [2.05, 4.69) is 27.9 Å². The summed E-state index contributed by atoms with van der Waals surface area (Å²) in [5.41, 5.74) is 4.62. The molecule has 6 heteroatoms. The Morgan fingerprint density at radius 3 is 2.46 bits per heavy atom. The average Bonchev–Trinajstić information content (AvgIpc) is 2.89. The first kappa shape index (κ1) is 17.7. The fourth-order valence-electron chi connectivity index (χ4n) is 2.78. The van der Waals surface area contributed by atoms with Crippen LogP contribution in [0.3, 0.4) is 0 Å². The molecule has 0 aliphatic heterocycles. The highest BCUT2D eigenvalue weighted by atomic mass is 19.1. The van der Waals surface area contributed by atoms with Gasteiger partial charge in [0.1, 0.15) is 5.82 Å². The van der Waals surface area contributed by atoms with Gasteiger partial charge in [-0.15, -0.1) is 0 Å². The molecule has 0 fully saturated rings. The minimum Gasteiger partial charge on any atom is -0.334 e. The molecule has 0 atom stereocenters. The summed E-state index contributed by atoms with van der Waals surface area (Å²) >= 11 is 0. The van der Waals surface area contributed by atoms with Crippen LogP contribution < -0.4 is 10.6 Å². The second kappa shape index (κ2) is 7.82. The summed E-state index contributed by atoms with van der Waals surface area (Å²) in [6.45, 7) is 5.00. The van der Waals surface area contributed by atoms with Crippen molar-refractivity contribution in [3.8, 4) is 0 Å². The molecule has 0 aliphatic rings. The highest BCUT2D eigenvalue weighted by molar-refractivity contribution is 5.89. The van der Waals surface area contributed by atoms with Crippen LogP contribution in [0.2, 0.25) is 0 Å². The van der Waals surface area contributed by atoms with Gasteiger partial charge < -0.3 is 10.6 Å². The smallest absolute Gasteiger partial charge is 0.319 e. The highest BCUT2D eigenvalue weighted by Gasteiger charge is 2.13. The van der Waals surface area contributed by atoms with Crippen molar-refractivity contribution < 1.29 is 9.18 Å². The fourth-order valence-corrected chi connectivity index (χ4v) is 2.78. The van der Waals surface area contributed by atoms with Crippen LogP contribution in [0.25, 0.3) is 0 Å². The Balaban J connectivity index is 1.62. The summed E-state index contributed by atoms with van der Waals surface area (Å²) in [6, 6.07) is 15.4. The maximum atomic E-state index is 12.9. The molecule has 134 valence electrons. The van der Waals surface area contributed by atoms with Gasteiger partial charge in [0.05, 0.1) is 12.2 Å². The van der Waals surface area contributed by atoms with Crippen LogP contribution in [0.5, 0.6) is 0 Å². The second-order valence-corrected chi connectivity index (χ2v) is 6.11. The number of carbonyl (C=O) groups is 1. The molecule has 0 aliphatic carbocycles. The van der Waals surface area contributed by atoms with Crippen molar-refractivity contribution in [1.29, 1.82) is 0 Å². The van der Waals surface area contributed by atoms with Gasteiger partial charge in [-0.05, 0) is 43.7 Å². The topological polar surface area (TPSA) is 59.0 Å². The lowest BCUT2D eigenvalue weighted by Crippen LogP contribution is -2.28. The summed E-state index contributed by atoms with van der Waals surface area (Å²) < 4.78 is 14.8. The summed E-state index contributed by atoms with van der Waals surface area (Å²) in [7, 11) is 0. The van der Waals surface area contributed by atoms with E-state index in [1.807, 2.05) is 36.7 Å². The predicted molar refractivity (Wildman–Crippen MR) is 99.5 cm³/mol. The Labute approximate surface area is 151 Å². The molecule has 0 saturated heterocycles. The molecule has 1 aromatic heterocycles. The molecular formula is C20H21FN4O. The number of hydrogen-bond acceptors (Lipinski definition) is 2. The van der Waals surface area contributed by atoms with Gasteiger partial charge in [-0.3, -0.25) is 4.68 Å². The average molecular weight is 352 g/mol. The van der Waals surface area contributed by atoms with Gasteiger partial charge in [-0.25, -0.2) is 9.18 Å². The summed E-state index contributed by atoms with van der Waals surface area (Å²) in [4.78, 5) is 12.0. The van der Waals surface area contributed by atoms with Gasteiger partial charge in [0.25, 0.3) is 0 Å². The van der Waals surface area contributed by atoms with Crippen LogP contribution in [-0.2, 0) is 13.1 Å². The van der Waals surface area contributed by atoms with Crippen LogP contribution in [0.15, 0.2) is 54.6 Å². The maximum absolute atomic E-state index is 12.9. The summed E-state index contributed by atoms with van der Waals surface area (Å²) in [5, 5.41) is 10.1. The van der Waals surface area contributed by atoms with E-state index in [0.717, 1.165) is 17.0 Å². The zero-order valence-corrected chi connectivity index (χ0v) is 14.8. The van der Waals surface area contributed by atoms with E-state index < -0.39 is 0 Å². The number of halogens is 1. The Morgan fingerprint density at radius 1 is 1.08 bits per heavy atom. The third kappa shape index (κ3) is 4.27. The van der Waals surface area contributed by atoms with Gasteiger partial charge in [0.2, 0.25) is 0 Å². The number of aryl methyl sites for hydroxylation is 1. The summed E-state index contributed by atoms with van der Waals surface area (Å²) in [5.74, 6) is -0.340. The van der Waals surface area contributed by atoms with Gasteiger partial charge >= 0.3 is 6.03 Å². The number of rotatable bonds is 5. The zero-order chi connectivity index (χ0) is 18.5. The van der Waals surface area contributed by atoms with Crippen LogP contribution in [0.4, 0.5) is 14.9 Å². The number of urea groups is 1. The largest absolute Gasteiger partial charge is 0.334 e. The zero-order valence-electron chi connectivity index (χ0n) is 14.8. The number of anilines is 1. The van der Waals surface area contributed by atoms with E-state index in [1.54, 1.807) is 0 Å². The molecule has 26 heavy (non-hydrogen) atoms. The normalized spacial score (nSPS) is 10.6. The van der Waals surface area contributed by atoms with Crippen LogP contribution >= 0.6 is 0 Å². The monoisotopic (exact) mass is 352 g/mol. The Hall–Kier alpha value is -3.15. The van der Waals surface area contributed by atoms with Crippen molar-refractivity contribution in [2.75, 3.05) is 5.32 Å². The number of hydrogen-bond donors (Lipinski definition) is 2. The predicted octanol–water partition coefficient (Wildman–Crippen LogP) is 4.01. The second-order valence-electron chi connectivity index (χ2n) is 6.11. The number of amides is 2. The molecule has 3 rings (SSSR count). The minimum absolute atomic E-state index is 0.340. The molecule has 2 aromatic carbocycles. The Kier molecular flexibility index (Phi) is 5.31. The van der Waals surface area contributed by atoms with E-state index in [4.69, 9.17) is 0 Å². The van der Waals surface area contributed by atoms with Crippen molar-refractivity contribution in [1.82, 2.24) is 15.1 Å². The lowest BCUT2D eigenvalue weighted by atomic mass is 10.2. The lowest BCUT2D eigenvalue weighted by molar-refractivity contribution is 0.251. The third-order valence-electron chi connectivity index (χ3n) is 4.23. The molecule has 3 aromatic rings. The number of aromatic nitrogens is 2. The molecular weight excluding hydrogens is 331 g/mol. The molecule has 0 radical (unpaired) electrons. The summed E-state index contributed by atoms with van der Waals surface area (Å²) in [6.07, 6.45) is 0. The van der Waals surface area contributed by atoms with E-state index >= 15 is 0 Å². The molecule has 0 unspecified atom stereocenters. The highest BCUT2D eigenvalue weighted by Crippen LogP contribution is 2.15. The SMILES string of the molecule is Cc1nn(Cc2ccccc2)c(C)c1CNC(=O)Nc1ccc(F)cc1. The van der Waals surface area contributed by atoms with E-state index in [1.165, 1.54) is 29.8 Å². The van der Waals surface area contributed by atoms with Gasteiger partial charge in [-0.1, -0.05) is 30.3 Å².